The van der Waals surface area contributed by atoms with Crippen LogP contribution in [0.2, 0.25) is 0 Å². The average Bonchev–Trinajstić information content (AvgIpc) is 2.17. The standard InChI is InChI=1S/C11H14N/c1-2-10-8-7-9-5-3-4-6-11(9)12-10/h3-6,10,12H,1-2,7-8H2. The molecule has 12 heavy (non-hydrogen) atoms. The molecule has 0 aliphatic carbocycles. The van der Waals surface area contributed by atoms with Crippen LogP contribution in [-0.4, -0.2) is 6.04 Å². The first kappa shape index (κ1) is 7.66. The molecule has 1 aliphatic rings. The highest BCUT2D eigenvalue weighted by atomic mass is 14.9. The number of aryl methyl sites for hydroxylation is 1. The van der Waals surface area contributed by atoms with Gasteiger partial charge in [0.1, 0.15) is 0 Å². The summed E-state index contributed by atoms with van der Waals surface area (Å²) in [5.74, 6) is 0. The summed E-state index contributed by atoms with van der Waals surface area (Å²) in [4.78, 5) is 0. The van der Waals surface area contributed by atoms with Gasteiger partial charge >= 0.3 is 0 Å². The van der Waals surface area contributed by atoms with Crippen molar-refractivity contribution >= 4 is 5.69 Å². The number of hydrogen-bond donors (Lipinski definition) is 1. The second-order valence-electron chi connectivity index (χ2n) is 3.33. The van der Waals surface area contributed by atoms with Gasteiger partial charge in [0.25, 0.3) is 0 Å². The van der Waals surface area contributed by atoms with Gasteiger partial charge in [-0.3, -0.25) is 0 Å². The highest BCUT2D eigenvalue weighted by Crippen LogP contribution is 2.24. The van der Waals surface area contributed by atoms with E-state index in [1.165, 1.54) is 24.1 Å². The summed E-state index contributed by atoms with van der Waals surface area (Å²) in [6.07, 6.45) is 3.40. The van der Waals surface area contributed by atoms with Crippen LogP contribution >= 0.6 is 0 Å². The van der Waals surface area contributed by atoms with E-state index in [2.05, 4.69) is 36.5 Å². The lowest BCUT2D eigenvalue weighted by Crippen LogP contribution is -2.24. The summed E-state index contributed by atoms with van der Waals surface area (Å²) in [5, 5.41) is 3.48. The maximum atomic E-state index is 3.92. The minimum atomic E-state index is 0.583. The Bertz CT molecular complexity index is 267. The van der Waals surface area contributed by atoms with E-state index < -0.39 is 0 Å². The van der Waals surface area contributed by atoms with Gasteiger partial charge in [0.05, 0.1) is 0 Å². The molecule has 0 saturated carbocycles. The molecule has 1 nitrogen and oxygen atoms in total. The van der Waals surface area contributed by atoms with Gasteiger partial charge in [-0.25, -0.2) is 0 Å². The number of rotatable bonds is 1. The molecular formula is C11H14N. The second kappa shape index (κ2) is 3.18. The molecule has 1 unspecified atom stereocenters. The van der Waals surface area contributed by atoms with Gasteiger partial charge in [-0.2, -0.15) is 0 Å². The summed E-state index contributed by atoms with van der Waals surface area (Å²) in [7, 11) is 0. The molecule has 0 aromatic heterocycles. The molecule has 1 N–H and O–H groups in total. The third kappa shape index (κ3) is 1.31. The van der Waals surface area contributed by atoms with Crippen LogP contribution in [-0.2, 0) is 6.42 Å². The van der Waals surface area contributed by atoms with E-state index in [9.17, 15) is 0 Å². The lowest BCUT2D eigenvalue weighted by atomic mass is 9.97. The zero-order chi connectivity index (χ0) is 8.39. The number of nitrogens with one attached hydrogen (secondary N) is 1. The third-order valence-corrected chi connectivity index (χ3v) is 2.49. The predicted molar refractivity (Wildman–Crippen MR) is 52.1 cm³/mol. The fraction of sp³-hybridized carbons (Fsp3) is 0.364. The van der Waals surface area contributed by atoms with Crippen LogP contribution in [0.15, 0.2) is 24.3 Å². The molecule has 1 aliphatic heterocycles. The first-order valence-corrected chi connectivity index (χ1v) is 4.54. The molecule has 0 fully saturated rings. The van der Waals surface area contributed by atoms with Gasteiger partial charge in [-0.05, 0) is 30.9 Å². The zero-order valence-corrected chi connectivity index (χ0v) is 7.22. The number of benzene rings is 1. The average molecular weight is 160 g/mol. The number of para-hydroxylation sites is 1. The van der Waals surface area contributed by atoms with Crippen molar-refractivity contribution in [3.8, 4) is 0 Å². The summed E-state index contributed by atoms with van der Waals surface area (Å²) in [6.45, 7) is 3.92. The van der Waals surface area contributed by atoms with Gasteiger partial charge in [0, 0.05) is 11.7 Å². The Balaban J connectivity index is 2.23. The first-order chi connectivity index (χ1) is 5.90. The van der Waals surface area contributed by atoms with Crippen LogP contribution in [0.1, 0.15) is 18.4 Å². The SMILES string of the molecule is [CH2]CC1CCc2ccccc2N1. The van der Waals surface area contributed by atoms with E-state index in [-0.39, 0.29) is 0 Å². The summed E-state index contributed by atoms with van der Waals surface area (Å²) >= 11 is 0. The van der Waals surface area contributed by atoms with Crippen LogP contribution in [0.5, 0.6) is 0 Å². The molecule has 63 valence electrons. The monoisotopic (exact) mass is 160 g/mol. The molecule has 1 aromatic rings. The molecular weight excluding hydrogens is 146 g/mol. The lowest BCUT2D eigenvalue weighted by Gasteiger charge is -2.25. The smallest absolute Gasteiger partial charge is 0.0374 e. The number of anilines is 1. The number of hydrogen-bond acceptors (Lipinski definition) is 1. The number of fused-ring (bicyclic) bond motifs is 1. The summed E-state index contributed by atoms with van der Waals surface area (Å²) in [5.41, 5.74) is 2.75. The molecule has 1 atom stereocenters. The van der Waals surface area contributed by atoms with E-state index in [4.69, 9.17) is 0 Å². The maximum absolute atomic E-state index is 3.92. The highest BCUT2D eigenvalue weighted by Gasteiger charge is 2.14. The van der Waals surface area contributed by atoms with Crippen LogP contribution in [0.4, 0.5) is 5.69 Å². The van der Waals surface area contributed by atoms with Crippen molar-refractivity contribution in [3.05, 3.63) is 36.8 Å². The van der Waals surface area contributed by atoms with E-state index in [1.807, 2.05) is 0 Å². The molecule has 0 amide bonds. The van der Waals surface area contributed by atoms with Crippen molar-refractivity contribution in [2.45, 2.75) is 25.3 Å². The molecule has 1 radical (unpaired) electrons. The van der Waals surface area contributed by atoms with Gasteiger partial charge in [0.15, 0.2) is 0 Å². The van der Waals surface area contributed by atoms with Crippen LogP contribution in [0.3, 0.4) is 0 Å². The Hall–Kier alpha value is -0.980. The van der Waals surface area contributed by atoms with E-state index in [0.717, 1.165) is 6.42 Å². The van der Waals surface area contributed by atoms with Gasteiger partial charge < -0.3 is 5.32 Å². The minimum Gasteiger partial charge on any atom is -0.382 e. The van der Waals surface area contributed by atoms with Gasteiger partial charge in [-0.15, -0.1) is 0 Å². The van der Waals surface area contributed by atoms with Gasteiger partial charge in [0.2, 0.25) is 0 Å². The van der Waals surface area contributed by atoms with Crippen molar-refractivity contribution in [2.24, 2.45) is 0 Å². The molecule has 2 rings (SSSR count). The molecule has 0 spiro atoms. The van der Waals surface area contributed by atoms with E-state index in [0.29, 0.717) is 6.04 Å². The van der Waals surface area contributed by atoms with Crippen molar-refractivity contribution in [2.75, 3.05) is 5.32 Å². The molecule has 0 bridgehead atoms. The molecule has 1 heterocycles. The Morgan fingerprint density at radius 2 is 2.25 bits per heavy atom. The van der Waals surface area contributed by atoms with Crippen molar-refractivity contribution in [3.63, 3.8) is 0 Å². The van der Waals surface area contributed by atoms with Crippen molar-refractivity contribution in [1.29, 1.82) is 0 Å². The lowest BCUT2D eigenvalue weighted by molar-refractivity contribution is 0.637. The summed E-state index contributed by atoms with van der Waals surface area (Å²) in [6, 6.07) is 9.11. The predicted octanol–water partition coefficient (Wildman–Crippen LogP) is 2.64. The first-order valence-electron chi connectivity index (χ1n) is 4.54. The largest absolute Gasteiger partial charge is 0.382 e. The van der Waals surface area contributed by atoms with Gasteiger partial charge in [-0.1, -0.05) is 25.1 Å². The third-order valence-electron chi connectivity index (χ3n) is 2.49. The molecule has 0 saturated heterocycles. The normalized spacial score (nSPS) is 21.2. The van der Waals surface area contributed by atoms with E-state index in [1.54, 1.807) is 0 Å². The van der Waals surface area contributed by atoms with Crippen LogP contribution < -0.4 is 5.32 Å². The van der Waals surface area contributed by atoms with E-state index >= 15 is 0 Å². The Labute approximate surface area is 73.8 Å². The van der Waals surface area contributed by atoms with Crippen LogP contribution in [0, 0.1) is 6.92 Å². The fourth-order valence-electron chi connectivity index (χ4n) is 1.72. The second-order valence-corrected chi connectivity index (χ2v) is 3.33. The fourth-order valence-corrected chi connectivity index (χ4v) is 1.72. The highest BCUT2D eigenvalue weighted by molar-refractivity contribution is 5.53. The summed E-state index contributed by atoms with van der Waals surface area (Å²) < 4.78 is 0. The maximum Gasteiger partial charge on any atom is 0.0374 e. The molecule has 1 heteroatoms. The Morgan fingerprint density at radius 1 is 1.42 bits per heavy atom. The zero-order valence-electron chi connectivity index (χ0n) is 7.22. The minimum absolute atomic E-state index is 0.583. The Morgan fingerprint density at radius 3 is 3.08 bits per heavy atom. The topological polar surface area (TPSA) is 12.0 Å². The quantitative estimate of drug-likeness (QED) is 0.666. The molecule has 1 aromatic carbocycles. The van der Waals surface area contributed by atoms with Crippen molar-refractivity contribution < 1.29 is 0 Å². The van der Waals surface area contributed by atoms with Crippen molar-refractivity contribution in [1.82, 2.24) is 0 Å². The van der Waals surface area contributed by atoms with Crippen LogP contribution in [0.25, 0.3) is 0 Å². The Kier molecular flexibility index (Phi) is 2.03.